The molecular formula is C10H14N2O3S. The highest BCUT2D eigenvalue weighted by atomic mass is 32.1. The van der Waals surface area contributed by atoms with Gasteiger partial charge >= 0.3 is 5.97 Å². The Bertz CT molecular complexity index is 412. The van der Waals surface area contributed by atoms with Gasteiger partial charge in [0.2, 0.25) is 0 Å². The molecule has 1 saturated carbocycles. The molecular weight excluding hydrogens is 228 g/mol. The maximum Gasteiger partial charge on any atom is 0.350 e. The lowest BCUT2D eigenvalue weighted by atomic mass is 10.3. The van der Waals surface area contributed by atoms with Crippen LogP contribution in [0, 0.1) is 0 Å². The molecule has 0 saturated heterocycles. The predicted molar refractivity (Wildman–Crippen MR) is 63.3 cm³/mol. The SMILES string of the molecule is COC(=O)c1sc(NC2CC2)c(OC)c1N. The van der Waals surface area contributed by atoms with Crippen LogP contribution < -0.4 is 15.8 Å². The topological polar surface area (TPSA) is 73.6 Å². The van der Waals surface area contributed by atoms with Crippen LogP contribution in [0.1, 0.15) is 22.5 Å². The van der Waals surface area contributed by atoms with Crippen molar-refractivity contribution in [1.82, 2.24) is 0 Å². The Hall–Kier alpha value is -1.43. The fourth-order valence-corrected chi connectivity index (χ4v) is 2.47. The molecule has 0 radical (unpaired) electrons. The quantitative estimate of drug-likeness (QED) is 0.786. The van der Waals surface area contributed by atoms with Crippen LogP contribution >= 0.6 is 11.3 Å². The van der Waals surface area contributed by atoms with Gasteiger partial charge in [0.05, 0.1) is 14.2 Å². The van der Waals surface area contributed by atoms with Crippen molar-refractivity contribution in [2.75, 3.05) is 25.3 Å². The third kappa shape index (κ3) is 1.92. The Morgan fingerprint density at radius 3 is 2.69 bits per heavy atom. The molecule has 0 aliphatic heterocycles. The number of nitrogens with one attached hydrogen (secondary N) is 1. The molecule has 5 nitrogen and oxygen atoms in total. The van der Waals surface area contributed by atoms with Crippen LogP contribution in [0.5, 0.6) is 5.75 Å². The molecule has 0 spiro atoms. The first-order valence-corrected chi connectivity index (χ1v) is 5.80. The molecule has 1 aromatic heterocycles. The number of nitrogens with two attached hydrogens (primary N) is 1. The maximum atomic E-state index is 11.4. The van der Waals surface area contributed by atoms with E-state index < -0.39 is 5.97 Å². The van der Waals surface area contributed by atoms with Gasteiger partial charge in [-0.3, -0.25) is 0 Å². The fraction of sp³-hybridized carbons (Fsp3) is 0.500. The number of anilines is 2. The van der Waals surface area contributed by atoms with E-state index in [1.54, 1.807) is 0 Å². The number of esters is 1. The first kappa shape index (κ1) is 11.1. The monoisotopic (exact) mass is 242 g/mol. The summed E-state index contributed by atoms with van der Waals surface area (Å²) in [4.78, 5) is 11.8. The molecule has 2 rings (SSSR count). The summed E-state index contributed by atoms with van der Waals surface area (Å²) in [5.41, 5.74) is 6.18. The van der Waals surface area contributed by atoms with Crippen LogP contribution in [-0.2, 0) is 4.74 Å². The largest absolute Gasteiger partial charge is 0.492 e. The van der Waals surface area contributed by atoms with Gasteiger partial charge in [-0.15, -0.1) is 11.3 Å². The lowest BCUT2D eigenvalue weighted by molar-refractivity contribution is 0.0607. The third-order valence-electron chi connectivity index (χ3n) is 2.39. The Kier molecular flexibility index (Phi) is 2.91. The van der Waals surface area contributed by atoms with Crippen molar-refractivity contribution in [2.45, 2.75) is 18.9 Å². The van der Waals surface area contributed by atoms with Gasteiger partial charge in [-0.25, -0.2) is 4.79 Å². The lowest BCUT2D eigenvalue weighted by Gasteiger charge is -2.04. The summed E-state index contributed by atoms with van der Waals surface area (Å²) in [6.45, 7) is 0. The van der Waals surface area contributed by atoms with Crippen LogP contribution in [0.4, 0.5) is 10.7 Å². The normalized spacial score (nSPS) is 14.6. The summed E-state index contributed by atoms with van der Waals surface area (Å²) >= 11 is 1.28. The van der Waals surface area contributed by atoms with E-state index in [-0.39, 0.29) is 0 Å². The second-order valence-corrected chi connectivity index (χ2v) is 4.64. The number of rotatable bonds is 4. The Balaban J connectivity index is 2.32. The average molecular weight is 242 g/mol. The van der Waals surface area contributed by atoms with E-state index in [9.17, 15) is 4.79 Å². The third-order valence-corrected chi connectivity index (χ3v) is 3.49. The number of methoxy groups -OCH3 is 2. The first-order chi connectivity index (χ1) is 7.67. The van der Waals surface area contributed by atoms with Crippen molar-refractivity contribution in [2.24, 2.45) is 0 Å². The van der Waals surface area contributed by atoms with E-state index >= 15 is 0 Å². The van der Waals surface area contributed by atoms with Crippen molar-refractivity contribution in [3.63, 3.8) is 0 Å². The van der Waals surface area contributed by atoms with Gasteiger partial charge in [-0.1, -0.05) is 0 Å². The average Bonchev–Trinajstić information content (AvgIpc) is 3.03. The number of hydrogen-bond acceptors (Lipinski definition) is 6. The van der Waals surface area contributed by atoms with Gasteiger partial charge in [0, 0.05) is 6.04 Å². The maximum absolute atomic E-state index is 11.4. The molecule has 0 atom stereocenters. The van der Waals surface area contributed by atoms with E-state index in [1.165, 1.54) is 25.6 Å². The van der Waals surface area contributed by atoms with Gasteiger partial charge in [-0.2, -0.15) is 0 Å². The molecule has 1 fully saturated rings. The minimum absolute atomic E-state index is 0.350. The highest BCUT2D eigenvalue weighted by Crippen LogP contribution is 2.44. The van der Waals surface area contributed by atoms with Gasteiger partial charge in [0.1, 0.15) is 15.6 Å². The molecule has 3 N–H and O–H groups in total. The van der Waals surface area contributed by atoms with Crippen molar-refractivity contribution in [3.8, 4) is 5.75 Å². The molecule has 0 bridgehead atoms. The fourth-order valence-electron chi connectivity index (χ4n) is 1.38. The summed E-state index contributed by atoms with van der Waals surface area (Å²) in [6, 6.07) is 0.484. The Morgan fingerprint density at radius 1 is 1.50 bits per heavy atom. The molecule has 1 aliphatic rings. The minimum atomic E-state index is -0.426. The zero-order valence-electron chi connectivity index (χ0n) is 9.20. The number of carbonyl (C=O) groups excluding carboxylic acids is 1. The van der Waals surface area contributed by atoms with Crippen LogP contribution in [0.3, 0.4) is 0 Å². The molecule has 1 aliphatic carbocycles. The van der Waals surface area contributed by atoms with Gasteiger partial charge in [-0.05, 0) is 12.8 Å². The Labute approximate surface area is 97.5 Å². The van der Waals surface area contributed by atoms with Crippen LogP contribution in [0.15, 0.2) is 0 Å². The second-order valence-electron chi connectivity index (χ2n) is 3.62. The lowest BCUT2D eigenvalue weighted by Crippen LogP contribution is -2.02. The highest BCUT2D eigenvalue weighted by Gasteiger charge is 2.27. The van der Waals surface area contributed by atoms with Gasteiger partial charge in [0.15, 0.2) is 5.75 Å². The highest BCUT2D eigenvalue weighted by molar-refractivity contribution is 7.19. The summed E-state index contributed by atoms with van der Waals surface area (Å²) in [7, 11) is 2.87. The van der Waals surface area contributed by atoms with Crippen molar-refractivity contribution < 1.29 is 14.3 Å². The smallest absolute Gasteiger partial charge is 0.350 e. The summed E-state index contributed by atoms with van der Waals surface area (Å²) in [5.74, 6) is 0.113. The minimum Gasteiger partial charge on any atom is -0.492 e. The second kappa shape index (κ2) is 4.21. The van der Waals surface area contributed by atoms with E-state index in [1.807, 2.05) is 0 Å². The summed E-state index contributed by atoms with van der Waals surface area (Å²) < 4.78 is 9.85. The van der Waals surface area contributed by atoms with E-state index in [0.717, 1.165) is 17.8 Å². The van der Waals surface area contributed by atoms with Crippen LogP contribution in [-0.4, -0.2) is 26.2 Å². The molecule has 88 valence electrons. The molecule has 6 heteroatoms. The van der Waals surface area contributed by atoms with Crippen LogP contribution in [0.25, 0.3) is 0 Å². The molecule has 0 amide bonds. The number of nitrogen functional groups attached to an aromatic ring is 1. The van der Waals surface area contributed by atoms with E-state index in [0.29, 0.717) is 22.4 Å². The molecule has 1 heterocycles. The van der Waals surface area contributed by atoms with Crippen molar-refractivity contribution in [1.29, 1.82) is 0 Å². The van der Waals surface area contributed by atoms with Gasteiger partial charge in [0.25, 0.3) is 0 Å². The summed E-state index contributed by atoms with van der Waals surface area (Å²) in [5, 5.41) is 4.09. The number of ether oxygens (including phenoxy) is 2. The molecule has 0 aromatic carbocycles. The van der Waals surface area contributed by atoms with Crippen molar-refractivity contribution >= 4 is 28.0 Å². The molecule has 1 aromatic rings. The van der Waals surface area contributed by atoms with Crippen LogP contribution in [0.2, 0.25) is 0 Å². The number of thiophene rings is 1. The summed E-state index contributed by atoms with van der Waals surface area (Å²) in [6.07, 6.45) is 2.29. The van der Waals surface area contributed by atoms with E-state index in [2.05, 4.69) is 10.1 Å². The standard InChI is InChI=1S/C10H14N2O3S/c1-14-7-6(11)8(10(13)15-2)16-9(7)12-5-3-4-5/h5,12H,3-4,11H2,1-2H3. The molecule has 16 heavy (non-hydrogen) atoms. The van der Waals surface area contributed by atoms with E-state index in [4.69, 9.17) is 10.5 Å². The molecule has 0 unspecified atom stereocenters. The number of carbonyl (C=O) groups is 1. The van der Waals surface area contributed by atoms with Gasteiger partial charge < -0.3 is 20.5 Å². The zero-order chi connectivity index (χ0) is 11.7. The Morgan fingerprint density at radius 2 is 2.19 bits per heavy atom. The number of hydrogen-bond donors (Lipinski definition) is 2. The van der Waals surface area contributed by atoms with Crippen molar-refractivity contribution in [3.05, 3.63) is 4.88 Å². The first-order valence-electron chi connectivity index (χ1n) is 4.98. The zero-order valence-corrected chi connectivity index (χ0v) is 10.0. The predicted octanol–water partition coefficient (Wildman–Crippen LogP) is 1.70.